The van der Waals surface area contributed by atoms with Crippen LogP contribution in [0.15, 0.2) is 30.3 Å². The summed E-state index contributed by atoms with van der Waals surface area (Å²) in [4.78, 5) is 0. The van der Waals surface area contributed by atoms with Crippen molar-refractivity contribution in [2.75, 3.05) is 5.32 Å². The van der Waals surface area contributed by atoms with Gasteiger partial charge in [-0.25, -0.2) is 8.78 Å². The monoisotopic (exact) mass is 345 g/mol. The quantitative estimate of drug-likeness (QED) is 0.767. The Hall–Kier alpha value is -2.57. The van der Waals surface area contributed by atoms with Gasteiger partial charge in [0.1, 0.15) is 17.5 Å². The van der Waals surface area contributed by atoms with Crippen molar-refractivity contribution in [2.45, 2.75) is 45.6 Å². The summed E-state index contributed by atoms with van der Waals surface area (Å²) in [6, 6.07) is 6.64. The normalized spacial score (nSPS) is 13.2. The number of anilines is 1. The highest BCUT2D eigenvalue weighted by Crippen LogP contribution is 2.26. The Bertz CT molecular complexity index is 898. The van der Waals surface area contributed by atoms with Gasteiger partial charge in [-0.3, -0.25) is 0 Å². The van der Waals surface area contributed by atoms with E-state index in [1.54, 1.807) is 16.6 Å². The van der Waals surface area contributed by atoms with Crippen LogP contribution in [0.1, 0.15) is 51.5 Å². The van der Waals surface area contributed by atoms with E-state index in [0.29, 0.717) is 17.9 Å². The number of rotatable bonds is 4. The van der Waals surface area contributed by atoms with Crippen LogP contribution in [0.2, 0.25) is 0 Å². The van der Waals surface area contributed by atoms with Crippen LogP contribution in [0.25, 0.3) is 5.65 Å². The second kappa shape index (κ2) is 6.38. The summed E-state index contributed by atoms with van der Waals surface area (Å²) in [5, 5.41) is 16.0. The fraction of sp³-hybridized carbons (Fsp3) is 0.389. The minimum Gasteiger partial charge on any atom is -0.362 e. The number of benzene rings is 1. The van der Waals surface area contributed by atoms with Gasteiger partial charge in [0.05, 0.1) is 6.04 Å². The highest BCUT2D eigenvalue weighted by molar-refractivity contribution is 5.46. The molecule has 0 fully saturated rings. The topological polar surface area (TPSA) is 55.1 Å². The maximum Gasteiger partial charge on any atom is 0.178 e. The van der Waals surface area contributed by atoms with Crippen LogP contribution >= 0.6 is 0 Å². The highest BCUT2D eigenvalue weighted by atomic mass is 19.1. The molecule has 25 heavy (non-hydrogen) atoms. The molecule has 1 atom stereocenters. The van der Waals surface area contributed by atoms with E-state index in [1.807, 2.05) is 27.7 Å². The molecule has 132 valence electrons. The van der Waals surface area contributed by atoms with E-state index >= 15 is 0 Å². The molecule has 1 N–H and O–H groups in total. The van der Waals surface area contributed by atoms with Crippen LogP contribution in [0.4, 0.5) is 14.6 Å². The molecular formula is C18H21F2N5. The Labute approximate surface area is 145 Å². The van der Waals surface area contributed by atoms with Crippen molar-refractivity contribution < 1.29 is 8.78 Å². The summed E-state index contributed by atoms with van der Waals surface area (Å²) < 4.78 is 29.3. The Morgan fingerprint density at radius 3 is 2.56 bits per heavy atom. The van der Waals surface area contributed by atoms with Gasteiger partial charge in [0.25, 0.3) is 0 Å². The van der Waals surface area contributed by atoms with Gasteiger partial charge in [0.2, 0.25) is 0 Å². The summed E-state index contributed by atoms with van der Waals surface area (Å²) in [7, 11) is 0. The molecule has 0 spiro atoms. The highest BCUT2D eigenvalue weighted by Gasteiger charge is 2.22. The van der Waals surface area contributed by atoms with E-state index < -0.39 is 17.7 Å². The van der Waals surface area contributed by atoms with E-state index in [-0.39, 0.29) is 11.0 Å². The first-order valence-electron chi connectivity index (χ1n) is 8.24. The molecule has 0 aliphatic heterocycles. The zero-order valence-corrected chi connectivity index (χ0v) is 14.7. The Morgan fingerprint density at radius 2 is 1.88 bits per heavy atom. The number of hydrogen-bond acceptors (Lipinski definition) is 4. The van der Waals surface area contributed by atoms with Gasteiger partial charge in [-0.05, 0) is 36.8 Å². The fourth-order valence-electron chi connectivity index (χ4n) is 2.69. The third-order valence-electron chi connectivity index (χ3n) is 4.00. The van der Waals surface area contributed by atoms with Crippen molar-refractivity contribution >= 4 is 11.5 Å². The number of nitrogens with one attached hydrogen (secondary N) is 1. The molecule has 5 nitrogen and oxygen atoms in total. The molecule has 3 rings (SSSR count). The summed E-state index contributed by atoms with van der Waals surface area (Å²) in [6.07, 6.45) is 0.578. The lowest BCUT2D eigenvalue weighted by molar-refractivity contribution is 0.526. The van der Waals surface area contributed by atoms with Crippen molar-refractivity contribution in [3.63, 3.8) is 0 Å². The second-order valence-electron chi connectivity index (χ2n) is 7.03. The minimum atomic E-state index is -0.464. The average molecular weight is 345 g/mol. The number of fused-ring (bicyclic) bond motifs is 1. The smallest absolute Gasteiger partial charge is 0.178 e. The average Bonchev–Trinajstić information content (AvgIpc) is 2.98. The van der Waals surface area contributed by atoms with E-state index in [2.05, 4.69) is 20.6 Å². The fourth-order valence-corrected chi connectivity index (χ4v) is 2.69. The van der Waals surface area contributed by atoms with Crippen molar-refractivity contribution in [3.05, 3.63) is 53.4 Å². The molecule has 0 aliphatic rings. The van der Waals surface area contributed by atoms with Crippen molar-refractivity contribution in [1.29, 1.82) is 0 Å². The van der Waals surface area contributed by atoms with Crippen LogP contribution in [-0.4, -0.2) is 19.8 Å². The molecule has 0 amide bonds. The summed E-state index contributed by atoms with van der Waals surface area (Å²) in [5.41, 5.74) is 0.703. The SMILES string of the molecule is CCC(Nc1ccc2nnc(C(C)(C)C)n2n1)c1cc(F)ccc1F. The lowest BCUT2D eigenvalue weighted by Gasteiger charge is -2.19. The zero-order valence-electron chi connectivity index (χ0n) is 14.7. The van der Waals surface area contributed by atoms with Gasteiger partial charge in [0, 0.05) is 11.0 Å². The standard InChI is InChI=1S/C18H21F2N5/c1-5-14(12-10-11(19)6-7-13(12)20)21-15-8-9-16-22-23-17(18(2,3)4)25(16)24-15/h6-10,14H,5H2,1-4H3,(H,21,24). The molecule has 0 aliphatic carbocycles. The molecule has 3 aromatic rings. The zero-order chi connectivity index (χ0) is 18.2. The summed E-state index contributed by atoms with van der Waals surface area (Å²) in [5.74, 6) is 0.375. The first-order valence-corrected chi connectivity index (χ1v) is 8.24. The van der Waals surface area contributed by atoms with Gasteiger partial charge in [-0.2, -0.15) is 4.52 Å². The molecule has 0 radical (unpaired) electrons. The van der Waals surface area contributed by atoms with Crippen LogP contribution < -0.4 is 5.32 Å². The molecule has 0 saturated carbocycles. The van der Waals surface area contributed by atoms with Crippen molar-refractivity contribution in [1.82, 2.24) is 19.8 Å². The molecule has 1 aromatic carbocycles. The largest absolute Gasteiger partial charge is 0.362 e. The van der Waals surface area contributed by atoms with Gasteiger partial charge in [0.15, 0.2) is 11.5 Å². The molecule has 2 aromatic heterocycles. The second-order valence-corrected chi connectivity index (χ2v) is 7.03. The Kier molecular flexibility index (Phi) is 4.41. The van der Waals surface area contributed by atoms with E-state index in [4.69, 9.17) is 0 Å². The third kappa shape index (κ3) is 3.45. The first-order chi connectivity index (χ1) is 11.8. The summed E-state index contributed by atoms with van der Waals surface area (Å²) >= 11 is 0. The van der Waals surface area contributed by atoms with Gasteiger partial charge < -0.3 is 5.32 Å². The lowest BCUT2D eigenvalue weighted by Crippen LogP contribution is -2.18. The van der Waals surface area contributed by atoms with E-state index in [1.165, 1.54) is 6.07 Å². The van der Waals surface area contributed by atoms with Crippen molar-refractivity contribution in [2.24, 2.45) is 0 Å². The van der Waals surface area contributed by atoms with Crippen LogP contribution in [0.5, 0.6) is 0 Å². The van der Waals surface area contributed by atoms with Gasteiger partial charge in [-0.1, -0.05) is 27.7 Å². The number of hydrogen-bond donors (Lipinski definition) is 1. The first kappa shape index (κ1) is 17.3. The minimum absolute atomic E-state index is 0.218. The molecule has 7 heteroatoms. The van der Waals surface area contributed by atoms with Crippen LogP contribution in [0.3, 0.4) is 0 Å². The van der Waals surface area contributed by atoms with Crippen LogP contribution in [-0.2, 0) is 5.41 Å². The van der Waals surface area contributed by atoms with Crippen molar-refractivity contribution in [3.8, 4) is 0 Å². The predicted molar refractivity (Wildman–Crippen MR) is 92.5 cm³/mol. The molecule has 1 unspecified atom stereocenters. The van der Waals surface area contributed by atoms with E-state index in [9.17, 15) is 8.78 Å². The number of nitrogens with zero attached hydrogens (tertiary/aromatic N) is 4. The third-order valence-corrected chi connectivity index (χ3v) is 4.00. The molecule has 2 heterocycles. The molecular weight excluding hydrogens is 324 g/mol. The maximum atomic E-state index is 14.1. The molecule has 0 saturated heterocycles. The predicted octanol–water partition coefficient (Wildman–Crippen LogP) is 4.26. The number of aromatic nitrogens is 4. The van der Waals surface area contributed by atoms with Gasteiger partial charge >= 0.3 is 0 Å². The number of halogens is 2. The van der Waals surface area contributed by atoms with Gasteiger partial charge in [-0.15, -0.1) is 15.3 Å². The van der Waals surface area contributed by atoms with Crippen LogP contribution in [0, 0.1) is 11.6 Å². The lowest BCUT2D eigenvalue weighted by atomic mass is 9.96. The maximum absolute atomic E-state index is 14.1. The summed E-state index contributed by atoms with van der Waals surface area (Å²) in [6.45, 7) is 7.99. The van der Waals surface area contributed by atoms with E-state index in [0.717, 1.165) is 18.0 Å². The Morgan fingerprint density at radius 1 is 1.12 bits per heavy atom. The Balaban J connectivity index is 1.97. The molecule has 0 bridgehead atoms.